The molecular weight excluding hydrogens is 588 g/mol. The molecule has 0 saturated heterocycles. The number of hydrogen-bond acceptors (Lipinski definition) is 5. The van der Waals surface area contributed by atoms with Gasteiger partial charge in [-0.25, -0.2) is 0 Å². The summed E-state index contributed by atoms with van der Waals surface area (Å²) in [6.07, 6.45) is 5.01. The van der Waals surface area contributed by atoms with E-state index >= 15 is 0 Å². The Labute approximate surface area is 278 Å². The maximum atomic E-state index is 13.9. The highest BCUT2D eigenvalue weighted by atomic mass is 16.5. The average molecular weight is 637 g/mol. The van der Waals surface area contributed by atoms with Gasteiger partial charge < -0.3 is 20.1 Å². The van der Waals surface area contributed by atoms with E-state index in [1.54, 1.807) is 7.11 Å². The normalized spacial score (nSPS) is 16.8. The van der Waals surface area contributed by atoms with E-state index in [9.17, 15) is 9.59 Å². The summed E-state index contributed by atoms with van der Waals surface area (Å²) in [5, 5.41) is 11.1. The van der Waals surface area contributed by atoms with Crippen LogP contribution in [-0.4, -0.2) is 34.7 Å². The Hall–Kier alpha value is -4.59. The number of rotatable bonds is 14. The van der Waals surface area contributed by atoms with Gasteiger partial charge in [0.1, 0.15) is 18.1 Å². The zero-order chi connectivity index (χ0) is 33.2. The van der Waals surface area contributed by atoms with E-state index in [0.717, 1.165) is 48.1 Å². The van der Waals surface area contributed by atoms with Gasteiger partial charge in [-0.1, -0.05) is 87.5 Å². The molecule has 0 unspecified atom stereocenters. The second-order valence-electron chi connectivity index (χ2n) is 13.1. The Morgan fingerprint density at radius 3 is 2.21 bits per heavy atom. The van der Waals surface area contributed by atoms with E-state index in [1.807, 2.05) is 89.6 Å². The summed E-state index contributed by atoms with van der Waals surface area (Å²) in [6.45, 7) is 7.32. The minimum Gasteiger partial charge on any atom is -0.496 e. The number of carbonyl (C=O) groups excluding carboxylic acids is 2. The summed E-state index contributed by atoms with van der Waals surface area (Å²) in [5.74, 6) is 1.87. The van der Waals surface area contributed by atoms with E-state index in [1.165, 1.54) is 0 Å². The first-order valence-corrected chi connectivity index (χ1v) is 16.9. The third-order valence-electron chi connectivity index (χ3n) is 8.86. The van der Waals surface area contributed by atoms with E-state index in [0.29, 0.717) is 42.7 Å². The number of methoxy groups -OCH3 is 1. The van der Waals surface area contributed by atoms with Crippen LogP contribution < -0.4 is 20.1 Å². The molecule has 1 aliphatic carbocycles. The van der Waals surface area contributed by atoms with Crippen LogP contribution in [0.3, 0.4) is 0 Å². The lowest BCUT2D eigenvalue weighted by Gasteiger charge is -2.28. The van der Waals surface area contributed by atoms with Crippen molar-refractivity contribution < 1.29 is 19.1 Å². The Balaban J connectivity index is 1.42. The third-order valence-corrected chi connectivity index (χ3v) is 8.86. The average Bonchev–Trinajstić information content (AvgIpc) is 3.52. The predicted molar refractivity (Wildman–Crippen MR) is 185 cm³/mol. The molecule has 1 heterocycles. The smallest absolute Gasteiger partial charge is 0.272 e. The highest BCUT2D eigenvalue weighted by Gasteiger charge is 2.29. The van der Waals surface area contributed by atoms with Crippen molar-refractivity contribution in [3.63, 3.8) is 0 Å². The lowest BCUT2D eigenvalue weighted by molar-refractivity contribution is -0.121. The highest BCUT2D eigenvalue weighted by molar-refractivity contribution is 5.94. The molecule has 8 heteroatoms. The largest absolute Gasteiger partial charge is 0.496 e. The Morgan fingerprint density at radius 2 is 1.55 bits per heavy atom. The number of nitrogens with one attached hydrogen (secondary N) is 2. The minimum absolute atomic E-state index is 0.100. The lowest BCUT2D eigenvalue weighted by Crippen LogP contribution is -2.40. The Bertz CT molecular complexity index is 1590. The topological polar surface area (TPSA) is 94.5 Å². The van der Waals surface area contributed by atoms with Gasteiger partial charge in [0, 0.05) is 19.0 Å². The molecule has 2 N–H and O–H groups in total. The molecule has 0 aliphatic heterocycles. The van der Waals surface area contributed by atoms with E-state index in [2.05, 4.69) is 31.4 Å². The zero-order valence-corrected chi connectivity index (χ0v) is 28.1. The van der Waals surface area contributed by atoms with Crippen LogP contribution in [0.4, 0.5) is 0 Å². The van der Waals surface area contributed by atoms with E-state index < -0.39 is 0 Å². The van der Waals surface area contributed by atoms with Crippen molar-refractivity contribution in [1.29, 1.82) is 0 Å². The van der Waals surface area contributed by atoms with Crippen molar-refractivity contribution in [2.45, 2.75) is 84.5 Å². The number of nitrogens with zero attached hydrogens (tertiary/aromatic N) is 2. The molecule has 5 rings (SSSR count). The molecule has 1 saturated carbocycles. The van der Waals surface area contributed by atoms with Crippen LogP contribution in [0.15, 0.2) is 84.9 Å². The van der Waals surface area contributed by atoms with Gasteiger partial charge in [0.25, 0.3) is 5.91 Å². The van der Waals surface area contributed by atoms with Crippen molar-refractivity contribution in [2.24, 2.45) is 11.8 Å². The predicted octanol–water partition coefficient (Wildman–Crippen LogP) is 7.74. The fourth-order valence-corrected chi connectivity index (χ4v) is 6.36. The Kier molecular flexibility index (Phi) is 11.7. The molecule has 3 aromatic carbocycles. The second-order valence-corrected chi connectivity index (χ2v) is 13.1. The molecule has 248 valence electrons. The molecule has 1 aromatic heterocycles. The zero-order valence-electron chi connectivity index (χ0n) is 28.1. The van der Waals surface area contributed by atoms with Gasteiger partial charge in [0.2, 0.25) is 5.91 Å². The Morgan fingerprint density at radius 1 is 0.894 bits per heavy atom. The first-order chi connectivity index (χ1) is 22.8. The molecule has 47 heavy (non-hydrogen) atoms. The third kappa shape index (κ3) is 9.24. The number of carbonyl (C=O) groups is 2. The molecular formula is C39H48N4O4. The highest BCUT2D eigenvalue weighted by Crippen LogP contribution is 2.42. The number of ether oxygens (including phenoxy) is 2. The monoisotopic (exact) mass is 636 g/mol. The quantitative estimate of drug-likeness (QED) is 0.148. The molecule has 8 nitrogen and oxygen atoms in total. The summed E-state index contributed by atoms with van der Waals surface area (Å²) in [6, 6.07) is 27.3. The van der Waals surface area contributed by atoms with Crippen LogP contribution in [0.25, 0.3) is 11.3 Å². The van der Waals surface area contributed by atoms with Gasteiger partial charge in [0.15, 0.2) is 5.69 Å². The molecule has 1 atom stereocenters. The standard InChI is InChI=1S/C39H48N4O4/c1-27(2)22-31(23-37(44)40-25-29-12-7-5-8-13-29)41-39(45)33-24-34(43(42-33)32-20-18-28(3)19-21-32)38-35(46-4)16-11-17-36(38)47-26-30-14-9-6-10-15-30/h5-17,24,27-28,31-32H,18-23,25-26H2,1-4H3,(H,40,44)(H,41,45)/t28?,31-,32?/m0/s1. The fraction of sp³-hybridized carbons (Fsp3) is 0.410. The first kappa shape index (κ1) is 33.8. The molecule has 2 amide bonds. The van der Waals surface area contributed by atoms with Gasteiger partial charge in [-0.2, -0.15) is 5.10 Å². The van der Waals surface area contributed by atoms with Crippen molar-refractivity contribution in [3.05, 3.63) is 102 Å². The van der Waals surface area contributed by atoms with Gasteiger partial charge in [0.05, 0.1) is 24.4 Å². The molecule has 1 aliphatic rings. The van der Waals surface area contributed by atoms with E-state index in [4.69, 9.17) is 14.6 Å². The summed E-state index contributed by atoms with van der Waals surface area (Å²) in [4.78, 5) is 26.9. The van der Waals surface area contributed by atoms with Gasteiger partial charge >= 0.3 is 0 Å². The number of amides is 2. The minimum atomic E-state index is -0.335. The molecule has 0 bridgehead atoms. The van der Waals surface area contributed by atoms with Gasteiger partial charge in [-0.05, 0) is 73.3 Å². The summed E-state index contributed by atoms with van der Waals surface area (Å²) in [5.41, 5.74) is 3.97. The fourth-order valence-electron chi connectivity index (χ4n) is 6.36. The lowest BCUT2D eigenvalue weighted by atomic mass is 9.87. The number of aromatic nitrogens is 2. The first-order valence-electron chi connectivity index (χ1n) is 16.9. The molecule has 4 aromatic rings. The van der Waals surface area contributed by atoms with Crippen molar-refractivity contribution in [1.82, 2.24) is 20.4 Å². The van der Waals surface area contributed by atoms with Crippen LogP contribution >= 0.6 is 0 Å². The molecule has 1 fully saturated rings. The van der Waals surface area contributed by atoms with Crippen LogP contribution in [0.5, 0.6) is 11.5 Å². The van der Waals surface area contributed by atoms with Gasteiger partial charge in [-0.15, -0.1) is 0 Å². The van der Waals surface area contributed by atoms with Crippen LogP contribution in [0.2, 0.25) is 0 Å². The number of hydrogen-bond donors (Lipinski definition) is 2. The number of benzene rings is 3. The van der Waals surface area contributed by atoms with Gasteiger partial charge in [-0.3, -0.25) is 14.3 Å². The maximum absolute atomic E-state index is 13.9. The van der Waals surface area contributed by atoms with Crippen molar-refractivity contribution in [3.8, 4) is 22.8 Å². The van der Waals surface area contributed by atoms with E-state index in [-0.39, 0.29) is 36.2 Å². The van der Waals surface area contributed by atoms with Crippen LogP contribution in [-0.2, 0) is 17.9 Å². The van der Waals surface area contributed by atoms with Crippen LogP contribution in [0, 0.1) is 11.8 Å². The summed E-state index contributed by atoms with van der Waals surface area (Å²) < 4.78 is 14.3. The molecule has 0 spiro atoms. The van der Waals surface area contributed by atoms with Crippen molar-refractivity contribution >= 4 is 11.8 Å². The molecule has 0 radical (unpaired) electrons. The summed E-state index contributed by atoms with van der Waals surface area (Å²) >= 11 is 0. The van der Waals surface area contributed by atoms with Crippen LogP contribution in [0.1, 0.15) is 87.0 Å². The summed E-state index contributed by atoms with van der Waals surface area (Å²) in [7, 11) is 1.65. The SMILES string of the molecule is COc1cccc(OCc2ccccc2)c1-c1cc(C(=O)N[C@H](CC(=O)NCc2ccccc2)CC(C)C)nn1C1CCC(C)CC1. The second kappa shape index (κ2) is 16.3. The maximum Gasteiger partial charge on any atom is 0.272 e. The van der Waals surface area contributed by atoms with Crippen molar-refractivity contribution in [2.75, 3.05) is 7.11 Å².